The zero-order valence-electron chi connectivity index (χ0n) is 17.7. The molecular weight excluding hydrogens is 444 g/mol. The highest BCUT2D eigenvalue weighted by Crippen LogP contribution is 2.32. The maximum atomic E-state index is 12.5. The molecule has 168 valence electrons. The van der Waals surface area contributed by atoms with Gasteiger partial charge >= 0.3 is 0 Å². The van der Waals surface area contributed by atoms with Gasteiger partial charge in [-0.15, -0.1) is 10.2 Å². The van der Waals surface area contributed by atoms with Crippen LogP contribution in [0.5, 0.6) is 17.2 Å². The molecule has 0 spiro atoms. The fraction of sp³-hybridized carbons (Fsp3) is 0.174. The number of nitrogens with one attached hydrogen (secondary N) is 1. The van der Waals surface area contributed by atoms with E-state index < -0.39 is 0 Å². The highest BCUT2D eigenvalue weighted by molar-refractivity contribution is 7.99. The van der Waals surface area contributed by atoms with Crippen molar-refractivity contribution in [1.82, 2.24) is 20.1 Å². The lowest BCUT2D eigenvalue weighted by Gasteiger charge is -2.10. The van der Waals surface area contributed by atoms with Gasteiger partial charge in [0.15, 0.2) is 22.4 Å². The molecule has 33 heavy (non-hydrogen) atoms. The minimum atomic E-state index is -0.124. The summed E-state index contributed by atoms with van der Waals surface area (Å²) in [6.45, 7) is 0.607. The van der Waals surface area contributed by atoms with Crippen molar-refractivity contribution < 1.29 is 23.4 Å². The molecule has 0 bridgehead atoms. The summed E-state index contributed by atoms with van der Waals surface area (Å²) < 4.78 is 23.3. The average Bonchev–Trinajstić information content (AvgIpc) is 3.61. The minimum Gasteiger partial charge on any atom is -0.497 e. The number of fused-ring (bicyclic) bond motifs is 1. The maximum absolute atomic E-state index is 12.5. The molecule has 0 fully saturated rings. The number of aromatic nitrogens is 3. The van der Waals surface area contributed by atoms with Crippen LogP contribution in [0.15, 0.2) is 70.4 Å². The van der Waals surface area contributed by atoms with Gasteiger partial charge in [0.2, 0.25) is 18.5 Å². The number of furan rings is 1. The standard InChI is InChI=1S/C23H20N4O5S/c1-29-17-7-5-16(6-8-17)27-22(19-3-2-10-30-19)25-26-23(27)33-13-21(28)24-12-15-4-9-18-20(11-15)32-14-31-18/h2-11H,12-14H2,1H3,(H,24,28). The Labute approximate surface area is 193 Å². The molecule has 0 radical (unpaired) electrons. The molecule has 2 aromatic carbocycles. The van der Waals surface area contributed by atoms with Gasteiger partial charge in [0.1, 0.15) is 5.75 Å². The largest absolute Gasteiger partial charge is 0.497 e. The lowest BCUT2D eigenvalue weighted by molar-refractivity contribution is -0.118. The molecule has 4 aromatic rings. The average molecular weight is 465 g/mol. The SMILES string of the molecule is COc1ccc(-n2c(SCC(=O)NCc3ccc4c(c3)OCO4)nnc2-c2ccco2)cc1. The lowest BCUT2D eigenvalue weighted by Crippen LogP contribution is -2.24. The fourth-order valence-electron chi connectivity index (χ4n) is 3.33. The molecule has 3 heterocycles. The third-order valence-electron chi connectivity index (χ3n) is 4.96. The van der Waals surface area contributed by atoms with Crippen LogP contribution in [-0.4, -0.2) is 40.3 Å². The normalized spacial score (nSPS) is 12.0. The Balaban J connectivity index is 1.29. The second kappa shape index (κ2) is 9.29. The molecule has 0 saturated heterocycles. The molecule has 0 saturated carbocycles. The molecular formula is C23H20N4O5S. The number of ether oxygens (including phenoxy) is 3. The molecule has 0 atom stereocenters. The van der Waals surface area contributed by atoms with Crippen LogP contribution in [-0.2, 0) is 11.3 Å². The van der Waals surface area contributed by atoms with E-state index in [-0.39, 0.29) is 18.5 Å². The maximum Gasteiger partial charge on any atom is 0.231 e. The number of thioether (sulfide) groups is 1. The Morgan fingerprint density at radius 1 is 1.12 bits per heavy atom. The third kappa shape index (κ3) is 4.51. The van der Waals surface area contributed by atoms with E-state index in [9.17, 15) is 4.79 Å². The zero-order valence-corrected chi connectivity index (χ0v) is 18.5. The summed E-state index contributed by atoms with van der Waals surface area (Å²) in [5.41, 5.74) is 1.76. The Kier molecular flexibility index (Phi) is 5.90. The van der Waals surface area contributed by atoms with E-state index in [0.29, 0.717) is 34.8 Å². The number of hydrogen-bond acceptors (Lipinski definition) is 8. The first-order valence-electron chi connectivity index (χ1n) is 10.1. The van der Waals surface area contributed by atoms with Gasteiger partial charge in [-0.3, -0.25) is 9.36 Å². The van der Waals surface area contributed by atoms with Crippen LogP contribution < -0.4 is 19.5 Å². The summed E-state index contributed by atoms with van der Waals surface area (Å²) in [6, 6.07) is 16.7. The van der Waals surface area contributed by atoms with E-state index in [4.69, 9.17) is 18.6 Å². The van der Waals surface area contributed by atoms with Crippen LogP contribution in [0.1, 0.15) is 5.56 Å². The van der Waals surface area contributed by atoms with E-state index >= 15 is 0 Å². The van der Waals surface area contributed by atoms with Gasteiger partial charge in [0.25, 0.3) is 0 Å². The predicted octanol–water partition coefficient (Wildman–Crippen LogP) is 3.67. The van der Waals surface area contributed by atoms with Gasteiger partial charge in [-0.1, -0.05) is 17.8 Å². The number of amides is 1. The number of carbonyl (C=O) groups excluding carboxylic acids is 1. The number of benzene rings is 2. The summed E-state index contributed by atoms with van der Waals surface area (Å²) in [5, 5.41) is 12.1. The number of hydrogen-bond donors (Lipinski definition) is 1. The highest BCUT2D eigenvalue weighted by Gasteiger charge is 2.19. The quantitative estimate of drug-likeness (QED) is 0.394. The van der Waals surface area contributed by atoms with Gasteiger partial charge in [-0.25, -0.2) is 0 Å². The molecule has 1 aliphatic heterocycles. The van der Waals surface area contributed by atoms with E-state index in [1.807, 2.05) is 53.1 Å². The molecule has 2 aromatic heterocycles. The molecule has 0 aliphatic carbocycles. The van der Waals surface area contributed by atoms with E-state index in [1.165, 1.54) is 11.8 Å². The Morgan fingerprint density at radius 2 is 1.97 bits per heavy atom. The van der Waals surface area contributed by atoms with Crippen molar-refractivity contribution in [3.8, 4) is 34.5 Å². The first-order chi connectivity index (χ1) is 16.2. The van der Waals surface area contributed by atoms with Crippen molar-refractivity contribution in [3.05, 3.63) is 66.4 Å². The summed E-state index contributed by atoms with van der Waals surface area (Å²) in [5.74, 6) is 3.33. The zero-order chi connectivity index (χ0) is 22.6. The third-order valence-corrected chi connectivity index (χ3v) is 5.89. The van der Waals surface area contributed by atoms with Crippen molar-refractivity contribution in [2.24, 2.45) is 0 Å². The Bertz CT molecular complexity index is 1250. The van der Waals surface area contributed by atoms with E-state index in [0.717, 1.165) is 17.0 Å². The van der Waals surface area contributed by atoms with E-state index in [2.05, 4.69) is 15.5 Å². The molecule has 1 aliphatic rings. The van der Waals surface area contributed by atoms with Crippen LogP contribution in [0.25, 0.3) is 17.3 Å². The van der Waals surface area contributed by atoms with Gasteiger partial charge in [0, 0.05) is 6.54 Å². The van der Waals surface area contributed by atoms with Gasteiger partial charge < -0.3 is 23.9 Å². The summed E-state index contributed by atoms with van der Waals surface area (Å²) in [6.07, 6.45) is 1.58. The van der Waals surface area contributed by atoms with E-state index in [1.54, 1.807) is 19.4 Å². The van der Waals surface area contributed by atoms with Crippen molar-refractivity contribution in [2.75, 3.05) is 19.7 Å². The van der Waals surface area contributed by atoms with Crippen LogP contribution in [0.3, 0.4) is 0 Å². The van der Waals surface area contributed by atoms with Crippen LogP contribution >= 0.6 is 11.8 Å². The Hall–Kier alpha value is -3.92. The summed E-state index contributed by atoms with van der Waals surface area (Å²) in [7, 11) is 1.62. The summed E-state index contributed by atoms with van der Waals surface area (Å²) in [4.78, 5) is 12.5. The number of carbonyl (C=O) groups is 1. The predicted molar refractivity (Wildman–Crippen MR) is 121 cm³/mol. The van der Waals surface area contributed by atoms with Crippen molar-refractivity contribution in [2.45, 2.75) is 11.7 Å². The van der Waals surface area contributed by atoms with Crippen LogP contribution in [0.4, 0.5) is 0 Å². The number of rotatable bonds is 8. The molecule has 1 amide bonds. The summed E-state index contributed by atoms with van der Waals surface area (Å²) >= 11 is 1.29. The first-order valence-corrected chi connectivity index (χ1v) is 11.1. The van der Waals surface area contributed by atoms with Gasteiger partial charge in [-0.05, 0) is 54.1 Å². The fourth-order valence-corrected chi connectivity index (χ4v) is 4.11. The first kappa shape index (κ1) is 21.0. The molecule has 9 nitrogen and oxygen atoms in total. The molecule has 10 heteroatoms. The molecule has 0 unspecified atom stereocenters. The van der Waals surface area contributed by atoms with Crippen molar-refractivity contribution in [1.29, 1.82) is 0 Å². The molecule has 5 rings (SSSR count). The highest BCUT2D eigenvalue weighted by atomic mass is 32.2. The smallest absolute Gasteiger partial charge is 0.231 e. The minimum absolute atomic E-state index is 0.124. The van der Waals surface area contributed by atoms with Crippen LogP contribution in [0, 0.1) is 0 Å². The van der Waals surface area contributed by atoms with Crippen molar-refractivity contribution in [3.63, 3.8) is 0 Å². The number of methoxy groups -OCH3 is 1. The van der Waals surface area contributed by atoms with Crippen molar-refractivity contribution >= 4 is 17.7 Å². The number of nitrogens with zero attached hydrogens (tertiary/aromatic N) is 3. The molecule has 1 N–H and O–H groups in total. The second-order valence-electron chi connectivity index (χ2n) is 7.07. The lowest BCUT2D eigenvalue weighted by atomic mass is 10.2. The Morgan fingerprint density at radius 3 is 2.76 bits per heavy atom. The van der Waals surface area contributed by atoms with Gasteiger partial charge in [0.05, 0.1) is 24.8 Å². The monoisotopic (exact) mass is 464 g/mol. The van der Waals surface area contributed by atoms with Gasteiger partial charge in [-0.2, -0.15) is 0 Å². The topological polar surface area (TPSA) is 101 Å². The van der Waals surface area contributed by atoms with Crippen LogP contribution in [0.2, 0.25) is 0 Å². The second-order valence-corrected chi connectivity index (χ2v) is 8.01.